The fourth-order valence-corrected chi connectivity index (χ4v) is 2.88. The predicted octanol–water partition coefficient (Wildman–Crippen LogP) is 4.82. The van der Waals surface area contributed by atoms with Gasteiger partial charge >= 0.3 is 6.18 Å². The van der Waals surface area contributed by atoms with Crippen molar-refractivity contribution in [2.45, 2.75) is 6.18 Å². The number of carbonyl (C=O) groups is 1. The third-order valence-electron chi connectivity index (χ3n) is 4.27. The number of hydrogen-bond donors (Lipinski definition) is 2. The van der Waals surface area contributed by atoms with Gasteiger partial charge in [0, 0.05) is 5.69 Å². The molecular formula is C21H14F4N6O. The minimum Gasteiger partial charge on any atom is -0.340 e. The van der Waals surface area contributed by atoms with Crippen LogP contribution in [0.5, 0.6) is 0 Å². The summed E-state index contributed by atoms with van der Waals surface area (Å²) in [5.41, 5.74) is -1.64. The SMILES string of the molecule is O=C(Nc1ccc(Nc2ccccc2)nc1)c1nnn(-c2cccc(F)c2)c1C(F)(F)F. The first-order valence-electron chi connectivity index (χ1n) is 9.19. The molecule has 0 radical (unpaired) electrons. The van der Waals surface area contributed by atoms with Gasteiger partial charge in [0.15, 0.2) is 11.4 Å². The lowest BCUT2D eigenvalue weighted by atomic mass is 10.2. The molecule has 0 fully saturated rings. The summed E-state index contributed by atoms with van der Waals surface area (Å²) in [6.07, 6.45) is -3.68. The van der Waals surface area contributed by atoms with Crippen LogP contribution in [0.25, 0.3) is 5.69 Å². The van der Waals surface area contributed by atoms with Crippen molar-refractivity contribution in [1.82, 2.24) is 20.0 Å². The Balaban J connectivity index is 1.57. The average molecular weight is 442 g/mol. The first kappa shape index (κ1) is 21.0. The van der Waals surface area contributed by atoms with Crippen molar-refractivity contribution in [3.05, 3.63) is 90.1 Å². The van der Waals surface area contributed by atoms with E-state index in [9.17, 15) is 22.4 Å². The number of rotatable bonds is 5. The van der Waals surface area contributed by atoms with Crippen LogP contribution in [0.15, 0.2) is 72.9 Å². The van der Waals surface area contributed by atoms with E-state index < -0.39 is 29.3 Å². The predicted molar refractivity (Wildman–Crippen MR) is 108 cm³/mol. The molecule has 0 spiro atoms. The molecule has 162 valence electrons. The number of nitrogens with one attached hydrogen (secondary N) is 2. The normalized spacial score (nSPS) is 11.2. The molecule has 2 aromatic carbocycles. The molecule has 0 bridgehead atoms. The molecule has 2 N–H and O–H groups in total. The molecular weight excluding hydrogens is 428 g/mol. The van der Waals surface area contributed by atoms with Crippen molar-refractivity contribution in [1.29, 1.82) is 0 Å². The van der Waals surface area contributed by atoms with Gasteiger partial charge in [-0.1, -0.05) is 29.5 Å². The van der Waals surface area contributed by atoms with Crippen molar-refractivity contribution in [2.75, 3.05) is 10.6 Å². The largest absolute Gasteiger partial charge is 0.435 e. The van der Waals surface area contributed by atoms with E-state index in [1.807, 2.05) is 30.3 Å². The summed E-state index contributed by atoms with van der Waals surface area (Å²) < 4.78 is 54.9. The van der Waals surface area contributed by atoms with Crippen LogP contribution in [0.1, 0.15) is 16.2 Å². The molecule has 0 unspecified atom stereocenters. The number of carbonyl (C=O) groups excluding carboxylic acids is 1. The van der Waals surface area contributed by atoms with Crippen molar-refractivity contribution in [3.63, 3.8) is 0 Å². The zero-order valence-electron chi connectivity index (χ0n) is 16.1. The second-order valence-electron chi connectivity index (χ2n) is 6.55. The lowest BCUT2D eigenvalue weighted by Crippen LogP contribution is -2.21. The Labute approximate surface area is 178 Å². The van der Waals surface area contributed by atoms with Crippen molar-refractivity contribution in [3.8, 4) is 5.69 Å². The zero-order chi connectivity index (χ0) is 22.7. The van der Waals surface area contributed by atoms with Gasteiger partial charge in [0.2, 0.25) is 0 Å². The number of anilines is 3. The fraction of sp³-hybridized carbons (Fsp3) is 0.0476. The third kappa shape index (κ3) is 4.56. The minimum atomic E-state index is -4.97. The van der Waals surface area contributed by atoms with E-state index in [1.165, 1.54) is 24.4 Å². The average Bonchev–Trinajstić information content (AvgIpc) is 3.22. The maximum absolute atomic E-state index is 13.7. The van der Waals surface area contributed by atoms with Crippen LogP contribution < -0.4 is 10.6 Å². The maximum atomic E-state index is 13.7. The Bertz CT molecular complexity index is 1240. The van der Waals surface area contributed by atoms with Crippen LogP contribution in [0.3, 0.4) is 0 Å². The summed E-state index contributed by atoms with van der Waals surface area (Å²) in [6, 6.07) is 16.6. The Morgan fingerprint density at radius 2 is 1.72 bits per heavy atom. The van der Waals surface area contributed by atoms with Crippen LogP contribution in [0.2, 0.25) is 0 Å². The van der Waals surface area contributed by atoms with Gasteiger partial charge in [-0.15, -0.1) is 5.10 Å². The summed E-state index contributed by atoms with van der Waals surface area (Å²) in [4.78, 5) is 16.6. The fourth-order valence-electron chi connectivity index (χ4n) is 2.88. The van der Waals surface area contributed by atoms with E-state index in [4.69, 9.17) is 0 Å². The number of nitrogens with zero attached hydrogens (tertiary/aromatic N) is 4. The summed E-state index contributed by atoms with van der Waals surface area (Å²) in [7, 11) is 0. The van der Waals surface area contributed by atoms with Crippen molar-refractivity contribution >= 4 is 23.1 Å². The summed E-state index contributed by atoms with van der Waals surface area (Å²) in [6.45, 7) is 0. The second-order valence-corrected chi connectivity index (χ2v) is 6.55. The number of benzene rings is 2. The highest BCUT2D eigenvalue weighted by molar-refractivity contribution is 6.03. The summed E-state index contributed by atoms with van der Waals surface area (Å²) in [5.74, 6) is -1.42. The second kappa shape index (κ2) is 8.46. The molecule has 2 aromatic heterocycles. The molecule has 32 heavy (non-hydrogen) atoms. The van der Waals surface area contributed by atoms with E-state index in [1.54, 1.807) is 6.07 Å². The van der Waals surface area contributed by atoms with Crippen molar-refractivity contribution < 1.29 is 22.4 Å². The number of alkyl halides is 3. The Morgan fingerprint density at radius 1 is 0.938 bits per heavy atom. The van der Waals surface area contributed by atoms with Gasteiger partial charge in [-0.05, 0) is 42.5 Å². The van der Waals surface area contributed by atoms with Gasteiger partial charge in [-0.2, -0.15) is 13.2 Å². The highest BCUT2D eigenvalue weighted by Crippen LogP contribution is 2.33. The van der Waals surface area contributed by atoms with Gasteiger partial charge < -0.3 is 10.6 Å². The third-order valence-corrected chi connectivity index (χ3v) is 4.27. The van der Waals surface area contributed by atoms with Crippen LogP contribution in [0, 0.1) is 5.82 Å². The Morgan fingerprint density at radius 3 is 2.38 bits per heavy atom. The molecule has 0 atom stereocenters. The van der Waals surface area contributed by atoms with Crippen molar-refractivity contribution in [2.24, 2.45) is 0 Å². The smallest absolute Gasteiger partial charge is 0.340 e. The molecule has 0 aliphatic rings. The van der Waals surface area contributed by atoms with Gasteiger partial charge in [0.25, 0.3) is 5.91 Å². The number of amides is 1. The van der Waals surface area contributed by atoms with E-state index >= 15 is 0 Å². The molecule has 7 nitrogen and oxygen atoms in total. The molecule has 1 amide bonds. The van der Waals surface area contributed by atoms with Gasteiger partial charge in [-0.25, -0.2) is 14.1 Å². The zero-order valence-corrected chi connectivity index (χ0v) is 16.1. The van der Waals surface area contributed by atoms with E-state index in [0.717, 1.165) is 17.8 Å². The highest BCUT2D eigenvalue weighted by Gasteiger charge is 2.42. The van der Waals surface area contributed by atoms with Crippen LogP contribution >= 0.6 is 0 Å². The lowest BCUT2D eigenvalue weighted by Gasteiger charge is -2.11. The standard InChI is InChI=1S/C21H14F4N6O/c22-13-5-4-8-16(11-13)31-19(21(23,24)25)18(29-30-31)20(32)28-15-9-10-17(26-12-15)27-14-6-2-1-3-7-14/h1-12H,(H,26,27)(H,28,32). The highest BCUT2D eigenvalue weighted by atomic mass is 19.4. The maximum Gasteiger partial charge on any atom is 0.435 e. The Kier molecular flexibility index (Phi) is 5.54. The number of aromatic nitrogens is 4. The van der Waals surface area contributed by atoms with Crippen LogP contribution in [0.4, 0.5) is 34.8 Å². The molecule has 0 aliphatic carbocycles. The number of para-hydroxylation sites is 1. The van der Waals surface area contributed by atoms with E-state index in [2.05, 4.69) is 25.9 Å². The number of halogens is 4. The van der Waals surface area contributed by atoms with Gasteiger partial charge in [0.1, 0.15) is 11.6 Å². The summed E-state index contributed by atoms with van der Waals surface area (Å²) in [5, 5.41) is 12.2. The molecule has 0 aliphatic heterocycles. The van der Waals surface area contributed by atoms with Crippen LogP contribution in [-0.2, 0) is 6.18 Å². The number of hydrogen-bond acceptors (Lipinski definition) is 5. The molecule has 0 saturated carbocycles. The molecule has 4 aromatic rings. The van der Waals surface area contributed by atoms with Gasteiger partial charge in [0.05, 0.1) is 17.6 Å². The topological polar surface area (TPSA) is 84.7 Å². The summed E-state index contributed by atoms with van der Waals surface area (Å²) >= 11 is 0. The molecule has 2 heterocycles. The number of pyridine rings is 1. The molecule has 11 heteroatoms. The minimum absolute atomic E-state index is 0.155. The quantitative estimate of drug-likeness (QED) is 0.433. The van der Waals surface area contributed by atoms with E-state index in [0.29, 0.717) is 10.5 Å². The lowest BCUT2D eigenvalue weighted by molar-refractivity contribution is -0.143. The monoisotopic (exact) mass is 442 g/mol. The van der Waals surface area contributed by atoms with E-state index in [-0.39, 0.29) is 11.4 Å². The molecule has 4 rings (SSSR count). The molecule has 0 saturated heterocycles. The Hall–Kier alpha value is -4.28. The first-order valence-corrected chi connectivity index (χ1v) is 9.19. The first-order chi connectivity index (χ1) is 15.3. The van der Waals surface area contributed by atoms with Gasteiger partial charge in [-0.3, -0.25) is 4.79 Å². The van der Waals surface area contributed by atoms with Crippen LogP contribution in [-0.4, -0.2) is 25.9 Å².